The molecule has 2 unspecified atom stereocenters. The molecule has 4 aromatic carbocycles. The maximum atomic E-state index is 6.59. The van der Waals surface area contributed by atoms with Crippen molar-refractivity contribution in [1.29, 1.82) is 0 Å². The summed E-state index contributed by atoms with van der Waals surface area (Å²) < 4.78 is 13.9. The predicted molar refractivity (Wildman–Crippen MR) is 190 cm³/mol. The number of furan rings is 2. The second-order valence-corrected chi connectivity index (χ2v) is 16.3. The van der Waals surface area contributed by atoms with Crippen LogP contribution in [-0.4, -0.2) is 0 Å². The van der Waals surface area contributed by atoms with Crippen LogP contribution in [0.15, 0.2) is 130 Å². The van der Waals surface area contributed by atoms with Crippen molar-refractivity contribution in [3.05, 3.63) is 167 Å². The van der Waals surface area contributed by atoms with Gasteiger partial charge in [-0.05, 0) is 0 Å². The molecule has 2 heterocycles. The Kier molecular flexibility index (Phi) is 11.1. The van der Waals surface area contributed by atoms with Crippen molar-refractivity contribution in [2.75, 3.05) is 0 Å². The van der Waals surface area contributed by atoms with E-state index < -0.39 is 23.2 Å². The van der Waals surface area contributed by atoms with E-state index in [2.05, 4.69) is 147 Å². The van der Waals surface area contributed by atoms with Crippen LogP contribution in [0.4, 0.5) is 0 Å². The Morgan fingerprint density at radius 1 is 0.490 bits per heavy atom. The number of aryl methyl sites for hydroxylation is 2. The number of fused-ring (bicyclic) bond motifs is 2. The predicted octanol–water partition coefficient (Wildman–Crippen LogP) is 6.09. The summed E-state index contributed by atoms with van der Waals surface area (Å²) in [5.41, 5.74) is 13.4. The van der Waals surface area contributed by atoms with Gasteiger partial charge in [0.1, 0.15) is 0 Å². The first kappa shape index (κ1) is 35.2. The average Bonchev–Trinajstić information content (AvgIpc) is 3.92. The largest absolute Gasteiger partial charge is 1.00 e. The van der Waals surface area contributed by atoms with Crippen LogP contribution in [-0.2, 0) is 36.1 Å². The summed E-state index contributed by atoms with van der Waals surface area (Å²) in [5, 5.41) is 0. The van der Waals surface area contributed by atoms with E-state index in [1.807, 2.05) is 0 Å². The number of allylic oxidation sites excluding steroid dienone is 2. The zero-order valence-electron chi connectivity index (χ0n) is 27.8. The summed E-state index contributed by atoms with van der Waals surface area (Å²) in [7, 11) is 0. The standard InChI is InChI=1S/2C22H19O.2ClH.Zr/c2*1-2-7-19-12-13-22(23-19)18-14-17-10-6-11-20(21(17)15-18)16-8-4-3-5-9-16;;;/h2*3-6,8-15H,2,7H2,1H3;2*1H;/q;;;;+2/p-2. The van der Waals surface area contributed by atoms with Gasteiger partial charge in [-0.3, -0.25) is 0 Å². The third-order valence-corrected chi connectivity index (χ3v) is 14.2. The first-order valence-corrected chi connectivity index (χ1v) is 19.8. The zero-order chi connectivity index (χ0) is 31.7. The van der Waals surface area contributed by atoms with Gasteiger partial charge in [0.2, 0.25) is 0 Å². The number of halogens is 2. The van der Waals surface area contributed by atoms with Gasteiger partial charge < -0.3 is 24.8 Å². The molecule has 244 valence electrons. The molecule has 0 aliphatic heterocycles. The van der Waals surface area contributed by atoms with E-state index >= 15 is 0 Å². The maximum absolute atomic E-state index is 6.59. The van der Waals surface area contributed by atoms with E-state index in [-0.39, 0.29) is 24.8 Å². The molecule has 0 radical (unpaired) electrons. The molecule has 2 aliphatic carbocycles. The Balaban J connectivity index is 0.00000208. The van der Waals surface area contributed by atoms with Crippen LogP contribution in [0.3, 0.4) is 0 Å². The zero-order valence-corrected chi connectivity index (χ0v) is 31.7. The van der Waals surface area contributed by atoms with Gasteiger partial charge >= 0.3 is 291 Å². The van der Waals surface area contributed by atoms with E-state index in [0.29, 0.717) is 7.25 Å². The fourth-order valence-corrected chi connectivity index (χ4v) is 12.3. The molecule has 49 heavy (non-hydrogen) atoms. The molecular weight excluding hydrogens is 723 g/mol. The molecule has 0 spiro atoms. The van der Waals surface area contributed by atoms with E-state index in [4.69, 9.17) is 8.83 Å². The second kappa shape index (κ2) is 15.5. The summed E-state index contributed by atoms with van der Waals surface area (Å²) >= 11 is -1.29. The fourth-order valence-electron chi connectivity index (χ4n) is 7.32. The average molecular weight is 761 g/mol. The Morgan fingerprint density at radius 3 is 1.33 bits per heavy atom. The van der Waals surface area contributed by atoms with Gasteiger partial charge in [0.05, 0.1) is 0 Å². The van der Waals surface area contributed by atoms with Crippen LogP contribution in [0, 0.1) is 0 Å². The number of hydrogen-bond donors (Lipinski definition) is 0. The van der Waals surface area contributed by atoms with E-state index in [1.54, 1.807) is 0 Å². The third-order valence-electron chi connectivity index (χ3n) is 9.51. The molecular formula is C44H38Cl2O2Zr. The molecule has 5 heteroatoms. The number of rotatable bonds is 10. The molecule has 2 aliphatic rings. The summed E-state index contributed by atoms with van der Waals surface area (Å²) in [4.78, 5) is 0. The monoisotopic (exact) mass is 758 g/mol. The number of benzene rings is 4. The molecule has 0 N–H and O–H groups in total. The molecule has 8 rings (SSSR count). The Hall–Kier alpha value is -3.62. The third kappa shape index (κ3) is 6.79. The fraction of sp³-hybridized carbons (Fsp3) is 0.182. The van der Waals surface area contributed by atoms with Crippen LogP contribution in [0.25, 0.3) is 45.6 Å². The molecule has 2 atom stereocenters. The van der Waals surface area contributed by atoms with Gasteiger partial charge in [-0.25, -0.2) is 0 Å². The summed E-state index contributed by atoms with van der Waals surface area (Å²) in [6, 6.07) is 44.3. The number of hydrogen-bond acceptors (Lipinski definition) is 2. The van der Waals surface area contributed by atoms with Crippen LogP contribution in [0.5, 0.6) is 0 Å². The summed E-state index contributed by atoms with van der Waals surface area (Å²) in [6.45, 7) is 4.43. The van der Waals surface area contributed by atoms with E-state index in [0.717, 1.165) is 48.7 Å². The van der Waals surface area contributed by atoms with Gasteiger partial charge in [0.15, 0.2) is 0 Å². The van der Waals surface area contributed by atoms with Crippen molar-refractivity contribution in [3.63, 3.8) is 0 Å². The van der Waals surface area contributed by atoms with Crippen molar-refractivity contribution in [2.45, 2.75) is 46.8 Å². The van der Waals surface area contributed by atoms with Crippen molar-refractivity contribution >= 4 is 23.3 Å². The molecule has 0 saturated carbocycles. The van der Waals surface area contributed by atoms with Gasteiger partial charge in [0, 0.05) is 0 Å². The van der Waals surface area contributed by atoms with E-state index in [9.17, 15) is 0 Å². The second-order valence-electron chi connectivity index (χ2n) is 12.6. The van der Waals surface area contributed by atoms with Crippen molar-refractivity contribution in [1.82, 2.24) is 0 Å². The smallest absolute Gasteiger partial charge is 1.00 e. The van der Waals surface area contributed by atoms with Gasteiger partial charge in [-0.2, -0.15) is 0 Å². The van der Waals surface area contributed by atoms with Gasteiger partial charge in [0.25, 0.3) is 0 Å². The molecule has 2 aromatic heterocycles. The Bertz CT molecular complexity index is 1950. The minimum absolute atomic E-state index is 0. The van der Waals surface area contributed by atoms with Gasteiger partial charge in [-0.15, -0.1) is 0 Å². The quantitative estimate of drug-likeness (QED) is 0.169. The van der Waals surface area contributed by atoms with Crippen molar-refractivity contribution in [2.24, 2.45) is 0 Å². The van der Waals surface area contributed by atoms with Crippen molar-refractivity contribution in [3.8, 4) is 22.3 Å². The first-order valence-electron chi connectivity index (χ1n) is 17.0. The van der Waals surface area contributed by atoms with Crippen LogP contribution >= 0.6 is 0 Å². The molecule has 0 bridgehead atoms. The SMILES string of the molecule is CCCc1ccc(C2=Cc3c(-c4ccccc4)cccc3[CH]2[Zr+2][CH]2C(c3ccc(CCC)o3)=Cc3c(-c4ccccc4)cccc32)o1.[Cl-].[Cl-]. The maximum Gasteiger partial charge on any atom is -1.00 e. The molecule has 2 nitrogen and oxygen atoms in total. The molecule has 0 fully saturated rings. The van der Waals surface area contributed by atoms with Crippen LogP contribution < -0.4 is 24.8 Å². The van der Waals surface area contributed by atoms with E-state index in [1.165, 1.54) is 55.7 Å². The summed E-state index contributed by atoms with van der Waals surface area (Å²) in [5.74, 6) is 4.20. The Morgan fingerprint density at radius 2 is 0.918 bits per heavy atom. The van der Waals surface area contributed by atoms with Crippen LogP contribution in [0.2, 0.25) is 0 Å². The van der Waals surface area contributed by atoms with Crippen LogP contribution in [0.1, 0.15) is 79.2 Å². The Labute approximate surface area is 313 Å². The summed E-state index contributed by atoms with van der Waals surface area (Å²) in [6.07, 6.45) is 8.97. The van der Waals surface area contributed by atoms with Gasteiger partial charge in [-0.1, -0.05) is 0 Å². The topological polar surface area (TPSA) is 26.3 Å². The first-order chi connectivity index (χ1) is 23.2. The molecule has 0 amide bonds. The molecule has 6 aromatic rings. The normalized spacial score (nSPS) is 15.7. The van der Waals surface area contributed by atoms with Crippen molar-refractivity contribution < 1.29 is 56.9 Å². The minimum Gasteiger partial charge on any atom is -1.00 e. The molecule has 0 saturated heterocycles. The minimum atomic E-state index is -1.29.